The minimum Gasteiger partial charge on any atom is -0.383 e. The maximum Gasteiger partial charge on any atom is 0.243 e. The second-order valence-electron chi connectivity index (χ2n) is 7.80. The van der Waals surface area contributed by atoms with Gasteiger partial charge < -0.3 is 19.9 Å². The van der Waals surface area contributed by atoms with Gasteiger partial charge in [0.1, 0.15) is 0 Å². The fraction of sp³-hybridized carbons (Fsp3) is 0.600. The van der Waals surface area contributed by atoms with Crippen LogP contribution in [0.4, 0.5) is 0 Å². The van der Waals surface area contributed by atoms with Crippen molar-refractivity contribution in [3.05, 3.63) is 29.8 Å². The molecule has 0 radical (unpaired) electrons. The van der Waals surface area contributed by atoms with E-state index in [0.29, 0.717) is 32.8 Å². The van der Waals surface area contributed by atoms with Crippen molar-refractivity contribution in [3.63, 3.8) is 0 Å². The Kier molecular flexibility index (Phi) is 7.45. The zero-order valence-corrected chi connectivity index (χ0v) is 18.4. The van der Waals surface area contributed by atoms with Gasteiger partial charge in [0.15, 0.2) is 0 Å². The lowest BCUT2D eigenvalue weighted by Gasteiger charge is -2.31. The number of likely N-dealkylation sites (N-methyl/N-ethyl adjacent to an activating group) is 1. The normalized spacial score (nSPS) is 21.2. The van der Waals surface area contributed by atoms with Crippen LogP contribution >= 0.6 is 0 Å². The van der Waals surface area contributed by atoms with Gasteiger partial charge in [-0.2, -0.15) is 4.31 Å². The SMILES string of the molecule is COCCN1CC(C(=O)NCc2ccc(S(=O)(=O)N3CCN(C)CC3)cc2)CC1=O. The Morgan fingerprint density at radius 1 is 1.17 bits per heavy atom. The third kappa shape index (κ3) is 5.37. The number of carbonyl (C=O) groups excluding carboxylic acids is 2. The first-order valence-corrected chi connectivity index (χ1v) is 11.6. The molecular formula is C20H30N4O5S. The Balaban J connectivity index is 1.52. The fourth-order valence-electron chi connectivity index (χ4n) is 3.66. The first-order valence-electron chi connectivity index (χ1n) is 10.1. The number of benzene rings is 1. The molecule has 30 heavy (non-hydrogen) atoms. The molecule has 2 fully saturated rings. The first kappa shape index (κ1) is 22.7. The van der Waals surface area contributed by atoms with E-state index < -0.39 is 10.0 Å². The second-order valence-corrected chi connectivity index (χ2v) is 9.74. The monoisotopic (exact) mass is 438 g/mol. The highest BCUT2D eigenvalue weighted by Gasteiger charge is 2.34. The highest BCUT2D eigenvalue weighted by molar-refractivity contribution is 7.89. The summed E-state index contributed by atoms with van der Waals surface area (Å²) in [7, 11) is 0.0531. The Morgan fingerprint density at radius 3 is 2.47 bits per heavy atom. The summed E-state index contributed by atoms with van der Waals surface area (Å²) in [5, 5.41) is 2.85. The number of hydrogen-bond donors (Lipinski definition) is 1. The van der Waals surface area contributed by atoms with E-state index >= 15 is 0 Å². The zero-order valence-electron chi connectivity index (χ0n) is 17.5. The van der Waals surface area contributed by atoms with Crippen LogP contribution in [0.25, 0.3) is 0 Å². The maximum absolute atomic E-state index is 12.8. The van der Waals surface area contributed by atoms with E-state index in [0.717, 1.165) is 18.7 Å². The van der Waals surface area contributed by atoms with Gasteiger partial charge in [0, 0.05) is 59.3 Å². The smallest absolute Gasteiger partial charge is 0.243 e. The van der Waals surface area contributed by atoms with Crippen LogP contribution in [0.2, 0.25) is 0 Å². The lowest BCUT2D eigenvalue weighted by Crippen LogP contribution is -2.47. The molecule has 1 aromatic carbocycles. The number of rotatable bonds is 8. The van der Waals surface area contributed by atoms with E-state index in [1.54, 1.807) is 36.3 Å². The highest BCUT2D eigenvalue weighted by Crippen LogP contribution is 2.19. The molecule has 0 aromatic heterocycles. The molecule has 1 unspecified atom stereocenters. The number of carbonyl (C=O) groups is 2. The van der Waals surface area contributed by atoms with Crippen LogP contribution < -0.4 is 5.32 Å². The Labute approximate surface area is 178 Å². The molecule has 9 nitrogen and oxygen atoms in total. The average Bonchev–Trinajstić information content (AvgIpc) is 3.11. The first-order chi connectivity index (χ1) is 14.3. The van der Waals surface area contributed by atoms with Crippen molar-refractivity contribution in [3.8, 4) is 0 Å². The molecule has 0 bridgehead atoms. The van der Waals surface area contributed by atoms with Crippen molar-refractivity contribution in [1.29, 1.82) is 0 Å². The van der Waals surface area contributed by atoms with E-state index in [4.69, 9.17) is 4.74 Å². The molecule has 2 heterocycles. The minimum absolute atomic E-state index is 0.0364. The molecule has 0 aliphatic carbocycles. The Morgan fingerprint density at radius 2 is 1.83 bits per heavy atom. The van der Waals surface area contributed by atoms with E-state index in [2.05, 4.69) is 10.2 Å². The molecule has 2 aliphatic rings. The number of likely N-dealkylation sites (tertiary alicyclic amines) is 1. The fourth-order valence-corrected chi connectivity index (χ4v) is 5.08. The molecule has 166 valence electrons. The van der Waals surface area contributed by atoms with Gasteiger partial charge in [-0.3, -0.25) is 9.59 Å². The summed E-state index contributed by atoms with van der Waals surface area (Å²) in [6.07, 6.45) is 0.206. The van der Waals surface area contributed by atoms with Gasteiger partial charge >= 0.3 is 0 Å². The largest absolute Gasteiger partial charge is 0.383 e. The molecule has 2 saturated heterocycles. The minimum atomic E-state index is -3.50. The van der Waals surface area contributed by atoms with E-state index in [-0.39, 0.29) is 35.6 Å². The Bertz CT molecular complexity index is 850. The standard InChI is InChI=1S/C20H30N4O5S/c1-22-7-9-24(10-8-22)30(27,28)18-5-3-16(4-6-18)14-21-20(26)17-13-19(25)23(15-17)11-12-29-2/h3-6,17H,7-15H2,1-2H3,(H,21,26). The van der Waals surface area contributed by atoms with Gasteiger partial charge in [0.05, 0.1) is 17.4 Å². The molecule has 2 amide bonds. The van der Waals surface area contributed by atoms with Crippen molar-refractivity contribution >= 4 is 21.8 Å². The van der Waals surface area contributed by atoms with Crippen LogP contribution in [0.3, 0.4) is 0 Å². The van der Waals surface area contributed by atoms with E-state index in [1.807, 2.05) is 7.05 Å². The molecule has 0 spiro atoms. The summed E-state index contributed by atoms with van der Waals surface area (Å²) in [6.45, 7) is 4.03. The van der Waals surface area contributed by atoms with Gasteiger partial charge in [-0.25, -0.2) is 8.42 Å². The summed E-state index contributed by atoms with van der Waals surface area (Å²) in [6, 6.07) is 6.60. The number of methoxy groups -OCH3 is 1. The second kappa shape index (κ2) is 9.86. The zero-order chi connectivity index (χ0) is 21.7. The van der Waals surface area contributed by atoms with Crippen molar-refractivity contribution in [2.24, 2.45) is 5.92 Å². The third-order valence-corrected chi connectivity index (χ3v) is 7.55. The number of amides is 2. The molecule has 0 saturated carbocycles. The number of ether oxygens (including phenoxy) is 1. The molecule has 10 heteroatoms. The van der Waals surface area contributed by atoms with Crippen LogP contribution in [0.1, 0.15) is 12.0 Å². The third-order valence-electron chi connectivity index (χ3n) is 5.64. The highest BCUT2D eigenvalue weighted by atomic mass is 32.2. The molecule has 1 N–H and O–H groups in total. The van der Waals surface area contributed by atoms with Crippen molar-refractivity contribution < 1.29 is 22.7 Å². The molecule has 2 aliphatic heterocycles. The number of nitrogens with zero attached hydrogens (tertiary/aromatic N) is 3. The van der Waals surface area contributed by atoms with Crippen molar-refractivity contribution in [2.45, 2.75) is 17.9 Å². The summed E-state index contributed by atoms with van der Waals surface area (Å²) in [4.78, 5) is 28.4. The molecular weight excluding hydrogens is 408 g/mol. The lowest BCUT2D eigenvalue weighted by molar-refractivity contribution is -0.129. The van der Waals surface area contributed by atoms with Crippen LogP contribution in [-0.2, 0) is 30.9 Å². The number of nitrogens with one attached hydrogen (secondary N) is 1. The number of piperazine rings is 1. The molecule has 1 aromatic rings. The topological polar surface area (TPSA) is 99.3 Å². The van der Waals surface area contributed by atoms with Crippen LogP contribution in [0.15, 0.2) is 29.2 Å². The van der Waals surface area contributed by atoms with Crippen LogP contribution in [0, 0.1) is 5.92 Å². The van der Waals surface area contributed by atoms with Gasteiger partial charge in [-0.15, -0.1) is 0 Å². The quantitative estimate of drug-likeness (QED) is 0.600. The van der Waals surface area contributed by atoms with Crippen molar-refractivity contribution in [2.75, 3.05) is 60.0 Å². The van der Waals surface area contributed by atoms with Crippen LogP contribution in [0.5, 0.6) is 0 Å². The van der Waals surface area contributed by atoms with E-state index in [9.17, 15) is 18.0 Å². The summed E-state index contributed by atoms with van der Waals surface area (Å²) in [5.41, 5.74) is 0.807. The van der Waals surface area contributed by atoms with Gasteiger partial charge in [0.2, 0.25) is 21.8 Å². The van der Waals surface area contributed by atoms with Gasteiger partial charge in [-0.05, 0) is 24.7 Å². The number of sulfonamides is 1. The Hall–Kier alpha value is -2.01. The molecule has 3 rings (SSSR count). The maximum atomic E-state index is 12.8. The summed E-state index contributed by atoms with van der Waals surface area (Å²) in [5.74, 6) is -0.575. The number of hydrogen-bond acceptors (Lipinski definition) is 6. The predicted molar refractivity (Wildman–Crippen MR) is 111 cm³/mol. The molecule has 1 atom stereocenters. The summed E-state index contributed by atoms with van der Waals surface area (Å²) < 4.78 is 32.0. The summed E-state index contributed by atoms with van der Waals surface area (Å²) >= 11 is 0. The van der Waals surface area contributed by atoms with Gasteiger partial charge in [-0.1, -0.05) is 12.1 Å². The average molecular weight is 439 g/mol. The van der Waals surface area contributed by atoms with Gasteiger partial charge in [0.25, 0.3) is 0 Å². The lowest BCUT2D eigenvalue weighted by atomic mass is 10.1. The van der Waals surface area contributed by atoms with Crippen molar-refractivity contribution in [1.82, 2.24) is 19.4 Å². The van der Waals surface area contributed by atoms with E-state index in [1.165, 1.54) is 4.31 Å². The van der Waals surface area contributed by atoms with Crippen LogP contribution in [-0.4, -0.2) is 94.4 Å². The predicted octanol–water partition coefficient (Wildman–Crippen LogP) is -0.266.